The van der Waals surface area contributed by atoms with Gasteiger partial charge in [0.25, 0.3) is 0 Å². The van der Waals surface area contributed by atoms with Crippen molar-refractivity contribution in [1.29, 1.82) is 0 Å². The molecule has 2 aromatic rings. The van der Waals surface area contributed by atoms with Crippen LogP contribution in [0.1, 0.15) is 24.6 Å². The summed E-state index contributed by atoms with van der Waals surface area (Å²) in [4.78, 5) is 5.66. The second-order valence-electron chi connectivity index (χ2n) is 4.60. The summed E-state index contributed by atoms with van der Waals surface area (Å²) in [5.74, 6) is 2.20. The summed E-state index contributed by atoms with van der Waals surface area (Å²) in [5.41, 5.74) is 5.73. The predicted molar refractivity (Wildman–Crippen MR) is 70.3 cm³/mol. The Labute approximate surface area is 110 Å². The Morgan fingerprint density at radius 3 is 2.72 bits per heavy atom. The minimum Gasteiger partial charge on any atom is -0.339 e. The molecule has 18 heavy (non-hydrogen) atoms. The Morgan fingerprint density at radius 1 is 1.28 bits per heavy atom. The van der Waals surface area contributed by atoms with Gasteiger partial charge in [-0.3, -0.25) is 0 Å². The van der Waals surface area contributed by atoms with Gasteiger partial charge in [-0.25, -0.2) is 0 Å². The summed E-state index contributed by atoms with van der Waals surface area (Å²) in [5, 5.41) is 4.02. The monoisotopic (exact) mass is 261 g/mol. The highest BCUT2D eigenvalue weighted by Crippen LogP contribution is 2.46. The van der Waals surface area contributed by atoms with Crippen LogP contribution in [0.2, 0.25) is 0 Å². The number of nitrogens with zero attached hydrogens (tertiary/aromatic N) is 2. The molecule has 0 aliphatic heterocycles. The maximum atomic E-state index is 5.74. The third-order valence-electron chi connectivity index (χ3n) is 3.28. The van der Waals surface area contributed by atoms with Gasteiger partial charge < -0.3 is 10.3 Å². The van der Waals surface area contributed by atoms with Crippen LogP contribution >= 0.6 is 11.8 Å². The van der Waals surface area contributed by atoms with Crippen LogP contribution in [-0.4, -0.2) is 16.7 Å². The molecule has 94 valence electrons. The van der Waals surface area contributed by atoms with E-state index >= 15 is 0 Å². The lowest BCUT2D eigenvalue weighted by Crippen LogP contribution is -2.20. The lowest BCUT2D eigenvalue weighted by Gasteiger charge is -2.03. The summed E-state index contributed by atoms with van der Waals surface area (Å²) in [7, 11) is 0. The topological polar surface area (TPSA) is 64.9 Å². The molecule has 0 atom stereocenters. The van der Waals surface area contributed by atoms with Gasteiger partial charge in [0.2, 0.25) is 5.89 Å². The Hall–Kier alpha value is -1.33. The average Bonchev–Trinajstić information content (AvgIpc) is 3.09. The van der Waals surface area contributed by atoms with Crippen molar-refractivity contribution in [2.75, 3.05) is 6.54 Å². The number of hydrogen-bond donors (Lipinski definition) is 1. The minimum absolute atomic E-state index is 0.0112. The van der Waals surface area contributed by atoms with Crippen LogP contribution in [0.3, 0.4) is 0 Å². The normalized spacial score (nSPS) is 16.7. The fourth-order valence-electron chi connectivity index (χ4n) is 1.85. The summed E-state index contributed by atoms with van der Waals surface area (Å²) < 4.78 is 5.32. The summed E-state index contributed by atoms with van der Waals surface area (Å²) in [6.45, 7) is 0.598. The third kappa shape index (κ3) is 2.28. The minimum atomic E-state index is -0.0112. The largest absolute Gasteiger partial charge is 0.339 e. The first-order valence-corrected chi connectivity index (χ1v) is 7.02. The van der Waals surface area contributed by atoms with Gasteiger partial charge in [-0.2, -0.15) is 4.98 Å². The second kappa shape index (κ2) is 4.74. The number of aromatic nitrogens is 2. The van der Waals surface area contributed by atoms with Gasteiger partial charge in [0.1, 0.15) is 0 Å². The quantitative estimate of drug-likeness (QED) is 0.837. The Morgan fingerprint density at radius 2 is 2.06 bits per heavy atom. The van der Waals surface area contributed by atoms with Gasteiger partial charge >= 0.3 is 0 Å². The van der Waals surface area contributed by atoms with Crippen LogP contribution < -0.4 is 5.73 Å². The molecular formula is C13H15N3OS. The number of thioether (sulfide) groups is 1. The number of hydrogen-bond acceptors (Lipinski definition) is 5. The molecule has 1 aliphatic carbocycles. The molecule has 2 N–H and O–H groups in total. The van der Waals surface area contributed by atoms with Gasteiger partial charge in [-0.1, -0.05) is 23.4 Å². The van der Waals surface area contributed by atoms with Crippen LogP contribution in [0.15, 0.2) is 39.8 Å². The van der Waals surface area contributed by atoms with Crippen LogP contribution in [-0.2, 0) is 11.2 Å². The number of benzene rings is 1. The molecule has 4 nitrogen and oxygen atoms in total. The van der Waals surface area contributed by atoms with Gasteiger partial charge in [0.05, 0.1) is 11.2 Å². The Bertz CT molecular complexity index is 522. The van der Waals surface area contributed by atoms with E-state index in [1.165, 1.54) is 4.90 Å². The highest BCUT2D eigenvalue weighted by atomic mass is 32.2. The van der Waals surface area contributed by atoms with E-state index in [4.69, 9.17) is 10.3 Å². The maximum absolute atomic E-state index is 5.74. The number of nitrogens with two attached hydrogens (primary N) is 1. The lowest BCUT2D eigenvalue weighted by atomic mass is 10.1. The first-order valence-electron chi connectivity index (χ1n) is 6.03. The molecule has 1 aromatic carbocycles. The predicted octanol–water partition coefficient (Wildman–Crippen LogP) is 2.35. The highest BCUT2D eigenvalue weighted by molar-refractivity contribution is 7.98. The van der Waals surface area contributed by atoms with Crippen LogP contribution in [0.25, 0.3) is 0 Å². The first kappa shape index (κ1) is 11.7. The second-order valence-corrected chi connectivity index (χ2v) is 5.65. The molecule has 1 aromatic heterocycles. The fraction of sp³-hybridized carbons (Fsp3) is 0.385. The Kier molecular flexibility index (Phi) is 3.09. The van der Waals surface area contributed by atoms with Crippen molar-refractivity contribution >= 4 is 11.8 Å². The summed E-state index contributed by atoms with van der Waals surface area (Å²) in [6, 6.07) is 10.2. The third-order valence-corrected chi connectivity index (χ3v) is 4.29. The molecular weight excluding hydrogens is 246 g/mol. The molecule has 0 unspecified atom stereocenters. The maximum Gasteiger partial charge on any atom is 0.234 e. The molecule has 0 amide bonds. The standard InChI is InChI=1S/C13H15N3OS/c14-9-13(6-7-13)12-15-11(16-17-12)8-18-10-4-2-1-3-5-10/h1-5H,6-9,14H2. The summed E-state index contributed by atoms with van der Waals surface area (Å²) >= 11 is 1.71. The fourth-order valence-corrected chi connectivity index (χ4v) is 2.61. The molecule has 1 fully saturated rings. The molecule has 0 saturated heterocycles. The van der Waals surface area contributed by atoms with E-state index in [9.17, 15) is 0 Å². The van der Waals surface area contributed by atoms with E-state index in [0.717, 1.165) is 24.4 Å². The average molecular weight is 261 g/mol. The van der Waals surface area contributed by atoms with E-state index in [0.29, 0.717) is 12.4 Å². The van der Waals surface area contributed by atoms with Crippen molar-refractivity contribution in [2.24, 2.45) is 5.73 Å². The van der Waals surface area contributed by atoms with E-state index in [-0.39, 0.29) is 5.41 Å². The van der Waals surface area contributed by atoms with Crippen LogP contribution in [0, 0.1) is 0 Å². The zero-order valence-corrected chi connectivity index (χ0v) is 10.8. The molecule has 1 saturated carbocycles. The van der Waals surface area contributed by atoms with E-state index < -0.39 is 0 Å². The SMILES string of the molecule is NCC1(c2nc(CSc3ccccc3)no2)CC1. The zero-order valence-electron chi connectivity index (χ0n) is 10.0. The van der Waals surface area contributed by atoms with Crippen LogP contribution in [0.5, 0.6) is 0 Å². The molecule has 3 rings (SSSR count). The molecule has 5 heteroatoms. The zero-order chi connectivity index (χ0) is 12.4. The van der Waals surface area contributed by atoms with Crippen molar-refractivity contribution in [3.05, 3.63) is 42.0 Å². The van der Waals surface area contributed by atoms with Crippen molar-refractivity contribution < 1.29 is 4.52 Å². The van der Waals surface area contributed by atoms with Crippen molar-refractivity contribution in [3.8, 4) is 0 Å². The van der Waals surface area contributed by atoms with Crippen molar-refractivity contribution in [3.63, 3.8) is 0 Å². The first-order chi connectivity index (χ1) is 8.82. The van der Waals surface area contributed by atoms with Crippen molar-refractivity contribution in [1.82, 2.24) is 10.1 Å². The Balaban J connectivity index is 1.64. The molecule has 0 radical (unpaired) electrons. The molecule has 0 bridgehead atoms. The molecule has 0 spiro atoms. The highest BCUT2D eigenvalue weighted by Gasteiger charge is 2.48. The summed E-state index contributed by atoms with van der Waals surface area (Å²) in [6.07, 6.45) is 2.13. The lowest BCUT2D eigenvalue weighted by molar-refractivity contribution is 0.344. The van der Waals surface area contributed by atoms with E-state index in [1.807, 2.05) is 18.2 Å². The smallest absolute Gasteiger partial charge is 0.234 e. The van der Waals surface area contributed by atoms with Gasteiger partial charge in [0.15, 0.2) is 5.82 Å². The van der Waals surface area contributed by atoms with E-state index in [1.54, 1.807) is 11.8 Å². The van der Waals surface area contributed by atoms with Gasteiger partial charge in [-0.15, -0.1) is 11.8 Å². The van der Waals surface area contributed by atoms with E-state index in [2.05, 4.69) is 22.3 Å². The van der Waals surface area contributed by atoms with Crippen molar-refractivity contribution in [2.45, 2.75) is 28.9 Å². The van der Waals surface area contributed by atoms with Crippen LogP contribution in [0.4, 0.5) is 0 Å². The molecule has 1 aliphatic rings. The van der Waals surface area contributed by atoms with Gasteiger partial charge in [0, 0.05) is 11.4 Å². The van der Waals surface area contributed by atoms with Gasteiger partial charge in [-0.05, 0) is 25.0 Å². The number of rotatable bonds is 5. The molecule has 1 heterocycles.